The molecule has 0 bridgehead atoms. The Labute approximate surface area is 196 Å². The fraction of sp³-hybridized carbons (Fsp3) is 0.130. The summed E-state index contributed by atoms with van der Waals surface area (Å²) >= 11 is 6.82. The Bertz CT molecular complexity index is 1300. The van der Waals surface area contributed by atoms with Crippen LogP contribution in [0, 0.1) is 0 Å². The Morgan fingerprint density at radius 2 is 1.94 bits per heavy atom. The Morgan fingerprint density at radius 3 is 2.71 bits per heavy atom. The lowest BCUT2D eigenvalue weighted by Crippen LogP contribution is -2.32. The minimum Gasteiger partial charge on any atom is -0.480 e. The van der Waals surface area contributed by atoms with Crippen LogP contribution < -0.4 is 10.1 Å². The Kier molecular flexibility index (Phi) is 4.66. The van der Waals surface area contributed by atoms with Gasteiger partial charge in [-0.05, 0) is 47.5 Å². The van der Waals surface area contributed by atoms with Crippen molar-refractivity contribution in [2.75, 3.05) is 11.6 Å². The van der Waals surface area contributed by atoms with Crippen molar-refractivity contribution in [3.63, 3.8) is 0 Å². The zero-order valence-corrected chi connectivity index (χ0v) is 19.7. The number of thioether (sulfide) groups is 1. The van der Waals surface area contributed by atoms with Crippen LogP contribution in [-0.4, -0.2) is 21.0 Å². The van der Waals surface area contributed by atoms with E-state index < -0.39 is 0 Å². The Balaban J connectivity index is 1.62. The van der Waals surface area contributed by atoms with E-state index >= 15 is 0 Å². The number of benzene rings is 2. The number of hydrogen-bond donors (Lipinski definition) is 1. The standard InChI is InChI=1S/C23H17BrN4OS2/c1-30-23-26-22-25-19-15-5-2-3-6-16(15)29-21(13-8-10-14(24)11-9-13)18(19)20(28(22)27-23)17-7-4-12-31-17/h2-12,20-21H,1H3,(H,25,26,27)/t20-,21+/m1/s1. The Hall–Kier alpha value is -2.55. The van der Waals surface area contributed by atoms with E-state index in [2.05, 4.69) is 69.1 Å². The second kappa shape index (κ2) is 7.55. The number of nitrogens with one attached hydrogen (secondary N) is 1. The first-order chi connectivity index (χ1) is 15.2. The van der Waals surface area contributed by atoms with E-state index in [1.54, 1.807) is 23.1 Å². The molecule has 0 fully saturated rings. The van der Waals surface area contributed by atoms with Gasteiger partial charge in [-0.15, -0.1) is 16.4 Å². The van der Waals surface area contributed by atoms with Crippen LogP contribution in [-0.2, 0) is 0 Å². The molecular formula is C23H17BrN4OS2. The molecule has 0 spiro atoms. The number of halogens is 1. The number of rotatable bonds is 3. The summed E-state index contributed by atoms with van der Waals surface area (Å²) in [7, 11) is 0. The molecule has 154 valence electrons. The van der Waals surface area contributed by atoms with Crippen molar-refractivity contribution in [3.05, 3.63) is 92.1 Å². The molecule has 5 nitrogen and oxygen atoms in total. The van der Waals surface area contributed by atoms with Crippen molar-refractivity contribution < 1.29 is 4.74 Å². The van der Waals surface area contributed by atoms with Crippen LogP contribution in [0.15, 0.2) is 81.2 Å². The molecule has 8 heteroatoms. The van der Waals surface area contributed by atoms with Gasteiger partial charge in [-0.1, -0.05) is 58.0 Å². The highest BCUT2D eigenvalue weighted by Crippen LogP contribution is 2.51. The highest BCUT2D eigenvalue weighted by atomic mass is 79.9. The summed E-state index contributed by atoms with van der Waals surface area (Å²) in [6.45, 7) is 0. The molecule has 2 aliphatic heterocycles. The molecule has 2 aromatic carbocycles. The van der Waals surface area contributed by atoms with Gasteiger partial charge in [-0.2, -0.15) is 4.98 Å². The second-order valence-electron chi connectivity index (χ2n) is 7.29. The number of fused-ring (bicyclic) bond motifs is 3. The SMILES string of the molecule is CSc1nc2n(n1)[C@H](c1cccs1)C1=C(N2)c2ccccc2O[C@H]1c1ccc(Br)cc1. The van der Waals surface area contributed by atoms with E-state index in [9.17, 15) is 0 Å². The normalized spacial score (nSPS) is 19.2. The van der Waals surface area contributed by atoms with Crippen LogP contribution in [0.5, 0.6) is 5.75 Å². The number of hydrogen-bond acceptors (Lipinski definition) is 6. The van der Waals surface area contributed by atoms with Crippen LogP contribution in [0.2, 0.25) is 0 Å². The zero-order valence-electron chi connectivity index (χ0n) is 16.4. The van der Waals surface area contributed by atoms with E-state index in [0.717, 1.165) is 43.7 Å². The van der Waals surface area contributed by atoms with Gasteiger partial charge in [0.05, 0.1) is 5.70 Å². The van der Waals surface area contributed by atoms with Gasteiger partial charge in [0.25, 0.3) is 0 Å². The number of thiophene rings is 1. The Morgan fingerprint density at radius 1 is 1.10 bits per heavy atom. The summed E-state index contributed by atoms with van der Waals surface area (Å²) in [4.78, 5) is 5.94. The topological polar surface area (TPSA) is 52.0 Å². The van der Waals surface area contributed by atoms with Gasteiger partial charge in [0, 0.05) is 20.5 Å². The van der Waals surface area contributed by atoms with E-state index in [1.807, 2.05) is 29.1 Å². The van der Waals surface area contributed by atoms with Crippen LogP contribution in [0.3, 0.4) is 0 Å². The van der Waals surface area contributed by atoms with E-state index in [4.69, 9.17) is 14.8 Å². The molecule has 2 aromatic heterocycles. The third-order valence-corrected chi connectivity index (χ3v) is 7.52. The summed E-state index contributed by atoms with van der Waals surface area (Å²) in [5.74, 6) is 1.62. The molecule has 4 aromatic rings. The van der Waals surface area contributed by atoms with Gasteiger partial charge < -0.3 is 10.1 Å². The number of nitrogens with zero attached hydrogens (tertiary/aromatic N) is 3. The predicted octanol–water partition coefficient (Wildman–Crippen LogP) is 6.38. The van der Waals surface area contributed by atoms with E-state index in [-0.39, 0.29) is 12.1 Å². The number of para-hydroxylation sites is 1. The largest absolute Gasteiger partial charge is 0.480 e. The average Bonchev–Trinajstić information content (AvgIpc) is 3.47. The first kappa shape index (κ1) is 19.2. The monoisotopic (exact) mass is 508 g/mol. The first-order valence-corrected chi connectivity index (χ1v) is 12.7. The van der Waals surface area contributed by atoms with Crippen molar-refractivity contribution in [3.8, 4) is 5.75 Å². The second-order valence-corrected chi connectivity index (χ2v) is 9.95. The summed E-state index contributed by atoms with van der Waals surface area (Å²) < 4.78 is 9.67. The van der Waals surface area contributed by atoms with Crippen LogP contribution in [0.25, 0.3) is 5.70 Å². The number of anilines is 1. The van der Waals surface area contributed by atoms with Crippen LogP contribution in [0.1, 0.15) is 28.1 Å². The highest BCUT2D eigenvalue weighted by molar-refractivity contribution is 9.10. The molecule has 2 aliphatic rings. The molecule has 0 radical (unpaired) electrons. The quantitative estimate of drug-likeness (QED) is 0.325. The maximum Gasteiger partial charge on any atom is 0.227 e. The molecule has 0 aliphatic carbocycles. The molecule has 1 N–H and O–H groups in total. The summed E-state index contributed by atoms with van der Waals surface area (Å²) in [5, 5.41) is 11.3. The maximum atomic E-state index is 6.63. The zero-order chi connectivity index (χ0) is 20.9. The van der Waals surface area contributed by atoms with Gasteiger partial charge in [0.15, 0.2) is 0 Å². The summed E-state index contributed by atoms with van der Waals surface area (Å²) in [6.07, 6.45) is 1.76. The molecule has 2 atom stereocenters. The van der Waals surface area contributed by atoms with Crippen LogP contribution >= 0.6 is 39.0 Å². The minimum atomic E-state index is -0.243. The molecule has 0 saturated heterocycles. The number of aromatic nitrogens is 3. The molecule has 4 heterocycles. The molecular weight excluding hydrogens is 492 g/mol. The van der Waals surface area contributed by atoms with Gasteiger partial charge in [0.2, 0.25) is 11.1 Å². The molecule has 0 amide bonds. The van der Waals surface area contributed by atoms with Crippen molar-refractivity contribution >= 4 is 50.7 Å². The fourth-order valence-corrected chi connectivity index (χ4v) is 5.62. The maximum absolute atomic E-state index is 6.63. The lowest BCUT2D eigenvalue weighted by molar-refractivity contribution is 0.223. The fourth-order valence-electron chi connectivity index (χ4n) is 4.18. The van der Waals surface area contributed by atoms with Crippen molar-refractivity contribution in [2.24, 2.45) is 0 Å². The van der Waals surface area contributed by atoms with Gasteiger partial charge in [-0.3, -0.25) is 0 Å². The van der Waals surface area contributed by atoms with Crippen molar-refractivity contribution in [1.82, 2.24) is 14.8 Å². The molecule has 31 heavy (non-hydrogen) atoms. The van der Waals surface area contributed by atoms with Crippen molar-refractivity contribution in [2.45, 2.75) is 17.3 Å². The first-order valence-electron chi connectivity index (χ1n) is 9.79. The molecule has 0 unspecified atom stereocenters. The molecule has 6 rings (SSSR count). The van der Waals surface area contributed by atoms with Gasteiger partial charge in [0.1, 0.15) is 17.9 Å². The third-order valence-electron chi connectivity index (χ3n) is 5.53. The van der Waals surface area contributed by atoms with Crippen LogP contribution in [0.4, 0.5) is 5.95 Å². The predicted molar refractivity (Wildman–Crippen MR) is 129 cm³/mol. The smallest absolute Gasteiger partial charge is 0.227 e. The minimum absolute atomic E-state index is 0.0957. The number of ether oxygens (including phenoxy) is 1. The lowest BCUT2D eigenvalue weighted by Gasteiger charge is -2.38. The third kappa shape index (κ3) is 3.12. The van der Waals surface area contributed by atoms with Gasteiger partial charge >= 0.3 is 0 Å². The average molecular weight is 509 g/mol. The highest BCUT2D eigenvalue weighted by Gasteiger charge is 2.41. The lowest BCUT2D eigenvalue weighted by atomic mass is 9.87. The summed E-state index contributed by atoms with van der Waals surface area (Å²) in [6, 6.07) is 20.7. The molecule has 0 saturated carbocycles. The summed E-state index contributed by atoms with van der Waals surface area (Å²) in [5.41, 5.74) is 4.35. The van der Waals surface area contributed by atoms with Gasteiger partial charge in [-0.25, -0.2) is 4.68 Å². The van der Waals surface area contributed by atoms with E-state index in [0.29, 0.717) is 0 Å². The van der Waals surface area contributed by atoms with E-state index in [1.165, 1.54) is 4.88 Å². The van der Waals surface area contributed by atoms with Crippen molar-refractivity contribution in [1.29, 1.82) is 0 Å².